The first kappa shape index (κ1) is 13.3. The van der Waals surface area contributed by atoms with Crippen LogP contribution in [0.25, 0.3) is 0 Å². The van der Waals surface area contributed by atoms with E-state index in [0.717, 1.165) is 25.0 Å². The Labute approximate surface area is 102 Å². The minimum absolute atomic E-state index is 0.411. The third-order valence-corrected chi connectivity index (χ3v) is 2.40. The Morgan fingerprint density at radius 1 is 1.29 bits per heavy atom. The smallest absolute Gasteiger partial charge is 0.330 e. The van der Waals surface area contributed by atoms with Crippen molar-refractivity contribution in [1.82, 2.24) is 0 Å². The molecule has 1 rings (SSSR count). The van der Waals surface area contributed by atoms with Crippen molar-refractivity contribution in [2.45, 2.75) is 26.2 Å². The number of para-hydroxylation sites is 1. The highest BCUT2D eigenvalue weighted by Gasteiger charge is 1.98. The molecule has 0 aliphatic heterocycles. The number of benzene rings is 1. The van der Waals surface area contributed by atoms with Crippen LogP contribution in [0.1, 0.15) is 26.2 Å². The van der Waals surface area contributed by atoms with Crippen LogP contribution in [0.3, 0.4) is 0 Å². The second-order valence-electron chi connectivity index (χ2n) is 3.85. The van der Waals surface area contributed by atoms with Gasteiger partial charge < -0.3 is 9.84 Å². The van der Waals surface area contributed by atoms with Gasteiger partial charge in [0.1, 0.15) is 5.75 Å². The zero-order valence-electron chi connectivity index (χ0n) is 10.1. The minimum atomic E-state index is -0.842. The van der Waals surface area contributed by atoms with E-state index in [0.29, 0.717) is 12.2 Å². The highest BCUT2D eigenvalue weighted by Crippen LogP contribution is 2.09. The monoisotopic (exact) mass is 234 g/mol. The van der Waals surface area contributed by atoms with E-state index in [1.807, 2.05) is 30.3 Å². The van der Waals surface area contributed by atoms with Gasteiger partial charge in [-0.25, -0.2) is 4.79 Å². The fourth-order valence-electron chi connectivity index (χ4n) is 1.36. The zero-order chi connectivity index (χ0) is 12.5. The Kier molecular flexibility index (Phi) is 5.86. The molecule has 0 amide bonds. The number of aliphatic carboxylic acids is 1. The molecule has 0 fully saturated rings. The molecule has 1 N–H and O–H groups in total. The molecule has 1 aromatic rings. The number of carboxylic acid groups (broad SMARTS) is 1. The van der Waals surface area contributed by atoms with Crippen molar-refractivity contribution in [3.05, 3.63) is 42.0 Å². The van der Waals surface area contributed by atoms with Gasteiger partial charge in [0.25, 0.3) is 0 Å². The minimum Gasteiger partial charge on any atom is -0.494 e. The first-order valence-electron chi connectivity index (χ1n) is 5.78. The second kappa shape index (κ2) is 7.49. The number of unbranched alkanes of at least 4 members (excludes halogenated alkanes) is 2. The van der Waals surface area contributed by atoms with Crippen LogP contribution in [0, 0.1) is 0 Å². The number of hydrogen-bond acceptors (Lipinski definition) is 2. The topological polar surface area (TPSA) is 46.5 Å². The summed E-state index contributed by atoms with van der Waals surface area (Å²) in [5, 5.41) is 8.64. The Morgan fingerprint density at radius 2 is 2.00 bits per heavy atom. The third kappa shape index (κ3) is 5.76. The number of hydrogen-bond donors (Lipinski definition) is 1. The number of carbonyl (C=O) groups is 1. The molecule has 0 bridgehead atoms. The molecule has 3 nitrogen and oxygen atoms in total. The molecule has 3 heteroatoms. The SMILES string of the molecule is C/C(=C\CCCCOc1ccccc1)C(=O)O. The summed E-state index contributed by atoms with van der Waals surface area (Å²) in [6.45, 7) is 2.28. The summed E-state index contributed by atoms with van der Waals surface area (Å²) in [5.41, 5.74) is 0.411. The van der Waals surface area contributed by atoms with Gasteiger partial charge in [-0.15, -0.1) is 0 Å². The van der Waals surface area contributed by atoms with E-state index in [9.17, 15) is 4.79 Å². The fourth-order valence-corrected chi connectivity index (χ4v) is 1.36. The van der Waals surface area contributed by atoms with Crippen LogP contribution >= 0.6 is 0 Å². The molecule has 0 aliphatic rings. The van der Waals surface area contributed by atoms with E-state index in [-0.39, 0.29) is 0 Å². The van der Waals surface area contributed by atoms with Crippen LogP contribution in [0.15, 0.2) is 42.0 Å². The summed E-state index contributed by atoms with van der Waals surface area (Å²) < 4.78 is 5.52. The molecule has 0 saturated heterocycles. The quantitative estimate of drug-likeness (QED) is 0.581. The Morgan fingerprint density at radius 3 is 2.65 bits per heavy atom. The lowest BCUT2D eigenvalue weighted by molar-refractivity contribution is -0.132. The molecule has 0 heterocycles. The van der Waals surface area contributed by atoms with Crippen LogP contribution in [0.2, 0.25) is 0 Å². The first-order valence-corrected chi connectivity index (χ1v) is 5.78. The predicted molar refractivity (Wildman–Crippen MR) is 67.2 cm³/mol. The third-order valence-electron chi connectivity index (χ3n) is 2.40. The molecule has 0 aliphatic carbocycles. The van der Waals surface area contributed by atoms with Crippen LogP contribution in [0.5, 0.6) is 5.75 Å². The van der Waals surface area contributed by atoms with E-state index in [4.69, 9.17) is 9.84 Å². The second-order valence-corrected chi connectivity index (χ2v) is 3.85. The Hall–Kier alpha value is -1.77. The molecule has 0 aromatic heterocycles. The first-order chi connectivity index (χ1) is 8.20. The maximum absolute atomic E-state index is 10.5. The molecule has 0 saturated carbocycles. The van der Waals surface area contributed by atoms with Crippen molar-refractivity contribution in [3.8, 4) is 5.75 Å². The van der Waals surface area contributed by atoms with E-state index < -0.39 is 5.97 Å². The summed E-state index contributed by atoms with van der Waals surface area (Å²) in [7, 11) is 0. The summed E-state index contributed by atoms with van der Waals surface area (Å²) in [6.07, 6.45) is 4.41. The van der Waals surface area contributed by atoms with Crippen molar-refractivity contribution in [1.29, 1.82) is 0 Å². The molecule has 1 aromatic carbocycles. The molecule has 17 heavy (non-hydrogen) atoms. The van der Waals surface area contributed by atoms with Crippen LogP contribution in [-0.4, -0.2) is 17.7 Å². The van der Waals surface area contributed by atoms with E-state index in [1.54, 1.807) is 13.0 Å². The summed E-state index contributed by atoms with van der Waals surface area (Å²) in [6, 6.07) is 9.68. The van der Waals surface area contributed by atoms with Crippen LogP contribution in [0.4, 0.5) is 0 Å². The van der Waals surface area contributed by atoms with Gasteiger partial charge >= 0.3 is 5.97 Å². The van der Waals surface area contributed by atoms with Gasteiger partial charge in [0, 0.05) is 5.57 Å². The normalized spacial score (nSPS) is 11.2. The van der Waals surface area contributed by atoms with E-state index >= 15 is 0 Å². The molecule has 0 radical (unpaired) electrons. The van der Waals surface area contributed by atoms with Gasteiger partial charge in [0.05, 0.1) is 6.61 Å². The highest BCUT2D eigenvalue weighted by molar-refractivity contribution is 5.85. The average molecular weight is 234 g/mol. The number of ether oxygens (including phenoxy) is 1. The van der Waals surface area contributed by atoms with Crippen molar-refractivity contribution in [2.75, 3.05) is 6.61 Å². The lowest BCUT2D eigenvalue weighted by atomic mass is 10.2. The van der Waals surface area contributed by atoms with Gasteiger partial charge in [0.2, 0.25) is 0 Å². The average Bonchev–Trinajstić information content (AvgIpc) is 2.34. The van der Waals surface area contributed by atoms with E-state index in [1.165, 1.54) is 0 Å². The van der Waals surface area contributed by atoms with Crippen LogP contribution < -0.4 is 4.74 Å². The molecule has 0 unspecified atom stereocenters. The maximum Gasteiger partial charge on any atom is 0.330 e. The number of carboxylic acids is 1. The van der Waals surface area contributed by atoms with Crippen molar-refractivity contribution in [3.63, 3.8) is 0 Å². The standard InChI is InChI=1S/C14H18O3/c1-12(14(15)16)8-4-3-7-11-17-13-9-5-2-6-10-13/h2,5-6,8-10H,3-4,7,11H2,1H3,(H,15,16)/b12-8+. The Bertz CT molecular complexity index is 368. The number of rotatable bonds is 7. The summed E-state index contributed by atoms with van der Waals surface area (Å²) in [4.78, 5) is 10.5. The summed E-state index contributed by atoms with van der Waals surface area (Å²) in [5.74, 6) is 0.0373. The van der Waals surface area contributed by atoms with Gasteiger partial charge in [-0.2, -0.15) is 0 Å². The largest absolute Gasteiger partial charge is 0.494 e. The zero-order valence-corrected chi connectivity index (χ0v) is 10.1. The summed E-state index contributed by atoms with van der Waals surface area (Å²) >= 11 is 0. The molecule has 0 spiro atoms. The van der Waals surface area contributed by atoms with Crippen molar-refractivity contribution in [2.24, 2.45) is 0 Å². The fraction of sp³-hybridized carbons (Fsp3) is 0.357. The molecule has 0 atom stereocenters. The lowest BCUT2D eigenvalue weighted by Gasteiger charge is -2.04. The van der Waals surface area contributed by atoms with Crippen LogP contribution in [-0.2, 0) is 4.79 Å². The number of allylic oxidation sites excluding steroid dienone is 1. The van der Waals surface area contributed by atoms with Gasteiger partial charge in [-0.3, -0.25) is 0 Å². The maximum atomic E-state index is 10.5. The molecular weight excluding hydrogens is 216 g/mol. The molecular formula is C14H18O3. The predicted octanol–water partition coefficient (Wildman–Crippen LogP) is 3.27. The molecule has 92 valence electrons. The van der Waals surface area contributed by atoms with Gasteiger partial charge in [-0.05, 0) is 38.3 Å². The van der Waals surface area contributed by atoms with E-state index in [2.05, 4.69) is 0 Å². The Balaban J connectivity index is 2.10. The van der Waals surface area contributed by atoms with Gasteiger partial charge in [0.15, 0.2) is 0 Å². The van der Waals surface area contributed by atoms with Crippen molar-refractivity contribution >= 4 is 5.97 Å². The highest BCUT2D eigenvalue weighted by atomic mass is 16.5. The lowest BCUT2D eigenvalue weighted by Crippen LogP contribution is -1.98. The van der Waals surface area contributed by atoms with Gasteiger partial charge in [-0.1, -0.05) is 24.3 Å². The van der Waals surface area contributed by atoms with Crippen molar-refractivity contribution < 1.29 is 14.6 Å².